The van der Waals surface area contributed by atoms with Gasteiger partial charge in [0, 0.05) is 28.7 Å². The SMILES string of the molecule is COC(=O)c1cc(C)c(O[C@@H]2O[C@H](CO)[C@@H](O)[C@H](O)[C@H]2O)c(CO)c1.COC(=O)c1ccc(O[C@@H]2O[C@H](CO)[C@@H](O)[C@H](O)[C@H]2O)c(C)c1.Cc1cc(C(=O)O)cc(CO)c1O[C@@H]1O[C@@H](C)[C@H](O)[C@@H](O)[C@H]1O.Cc1cc(C(=O)O)cc(CO)c1O[C@@H]1O[C@H](C(=O)O)[C@@H](O)[C@H](O)[C@H]1O.Cc1cc(C(=O)O)cc(CO)c1O[C@H]1C[C@@H](O)[C@H](O)[C@@H](CO)O1. The summed E-state index contributed by atoms with van der Waals surface area (Å²) in [4.78, 5) is 67.4. The lowest BCUT2D eigenvalue weighted by molar-refractivity contribution is -0.277. The summed E-state index contributed by atoms with van der Waals surface area (Å²) in [6.07, 6.45) is -33.4. The normalized spacial score (nSPS) is 29.6. The number of ether oxygens (including phenoxy) is 12. The van der Waals surface area contributed by atoms with E-state index in [4.69, 9.17) is 78.0 Å². The number of hydrogen-bond acceptors (Lipinski definition) is 39. The predicted molar refractivity (Wildman–Crippen MR) is 393 cm³/mol. The van der Waals surface area contributed by atoms with Crippen LogP contribution in [-0.4, -0.2) is 345 Å². The van der Waals surface area contributed by atoms with Gasteiger partial charge in [-0.25, -0.2) is 28.8 Å². The van der Waals surface area contributed by atoms with E-state index in [9.17, 15) is 126 Å². The van der Waals surface area contributed by atoms with E-state index in [-0.39, 0.29) is 79.5 Å². The molecule has 5 fully saturated rings. The first-order chi connectivity index (χ1) is 56.0. The summed E-state index contributed by atoms with van der Waals surface area (Å²) in [7, 11) is 2.50. The molecule has 43 nitrogen and oxygen atoms in total. The average Bonchev–Trinajstić information content (AvgIpc) is 0.812. The fraction of sp³-hybridized carbons (Fsp3) is 0.526. The van der Waals surface area contributed by atoms with E-state index >= 15 is 0 Å². The summed E-state index contributed by atoms with van der Waals surface area (Å²) < 4.78 is 63.2. The summed E-state index contributed by atoms with van der Waals surface area (Å²) in [6, 6.07) is 15.1. The van der Waals surface area contributed by atoms with Crippen molar-refractivity contribution in [2.75, 3.05) is 34.0 Å². The Morgan fingerprint density at radius 3 is 1.03 bits per heavy atom. The Kier molecular flexibility index (Phi) is 36.9. The van der Waals surface area contributed by atoms with Crippen molar-refractivity contribution in [3.8, 4) is 28.7 Å². The standard InChI is InChI=1S/C16H22O9.C15H18O10.3C15H20O8/c1-7-3-8(15(22)23-2)4-9(5-17)14(7)25-16-13(21)12(20)11(19)10(6-18)24-16;1-5-2-6(13(20)21)3-7(4-16)11(5)24-15-10(19)8(17)9(18)12(25-15)14(22)23;1-7-2-8(15(20)21)3-9(5-16)14(7)23-12-4-10(18)13(19)11(6-17)22-12;1-6-3-8(14(20)21)4-9(5-16)13(6)23-15-12(19)11(18)10(17)7(2)22-15;1-7-5-8(14(20)21-2)3-4-9(7)22-15-13(19)12(18)11(17)10(6-16)23-15/h3-4,10-13,16-21H,5-6H2,1-2H3;2-3,8-10,12,15-19H,4H2,1H3,(H,20,21)(H,22,23);2-3,10-13,16-19H,4-6H2,1H3,(H,20,21);3-4,7,10-12,15-19H,5H2,1-2H3,(H,20,21);3-5,10-13,15-19H,6H2,1-2H3/t10-,11-,12+,13-,16+;8-,9-,10+,12-,15+;10-,11-,12+,13+;7-,10-,11+,12+,15-;10-,11-,12+,13-,15-/m10101/s1. The topological polar surface area (TPSA) is 719 Å². The third kappa shape index (κ3) is 24.4. The molecule has 5 aromatic rings. The summed E-state index contributed by atoms with van der Waals surface area (Å²) in [5.41, 5.74) is 3.52. The maximum absolute atomic E-state index is 11.7. The summed E-state index contributed by atoms with van der Waals surface area (Å²) in [5.74, 6) is -5.26. The lowest BCUT2D eigenvalue weighted by atomic mass is 9.98. The molecular formula is C76H100O43. The van der Waals surface area contributed by atoms with E-state index in [1.54, 1.807) is 33.8 Å². The number of carbonyl (C=O) groups is 6. The van der Waals surface area contributed by atoms with Gasteiger partial charge in [0.05, 0.1) is 100 Å². The second kappa shape index (κ2) is 44.4. The summed E-state index contributed by atoms with van der Waals surface area (Å²) >= 11 is 0. The number of carbonyl (C=O) groups excluding carboxylic acids is 2. The number of aliphatic hydroxyl groups is 21. The van der Waals surface area contributed by atoms with Crippen LogP contribution in [0, 0.1) is 34.6 Å². The van der Waals surface area contributed by atoms with Crippen LogP contribution in [0.3, 0.4) is 0 Å². The van der Waals surface area contributed by atoms with E-state index < -0.39 is 229 Å². The summed E-state index contributed by atoms with van der Waals surface area (Å²) in [5, 5.41) is 239. The van der Waals surface area contributed by atoms with Crippen molar-refractivity contribution < 1.29 is 213 Å². The number of benzene rings is 5. The van der Waals surface area contributed by atoms with Gasteiger partial charge in [-0.3, -0.25) is 0 Å². The molecule has 0 bridgehead atoms. The molecule has 662 valence electrons. The number of aliphatic hydroxyl groups excluding tert-OH is 21. The molecule has 43 heteroatoms. The monoisotopic (exact) mass is 1700 g/mol. The molecule has 0 radical (unpaired) electrons. The third-order valence-corrected chi connectivity index (χ3v) is 19.1. The van der Waals surface area contributed by atoms with Crippen molar-refractivity contribution in [1.82, 2.24) is 0 Å². The van der Waals surface area contributed by atoms with Crippen molar-refractivity contribution in [3.63, 3.8) is 0 Å². The van der Waals surface area contributed by atoms with Crippen LogP contribution in [0.5, 0.6) is 28.7 Å². The van der Waals surface area contributed by atoms with Crippen LogP contribution >= 0.6 is 0 Å². The molecule has 0 unspecified atom stereocenters. The van der Waals surface area contributed by atoms with Gasteiger partial charge in [0.1, 0.15) is 126 Å². The van der Waals surface area contributed by atoms with Crippen LogP contribution in [0.1, 0.15) is 115 Å². The van der Waals surface area contributed by atoms with Crippen molar-refractivity contribution >= 4 is 35.8 Å². The number of carboxylic acid groups (broad SMARTS) is 4. The maximum atomic E-state index is 11.7. The van der Waals surface area contributed by atoms with Crippen LogP contribution in [0.2, 0.25) is 0 Å². The molecule has 0 aliphatic carbocycles. The van der Waals surface area contributed by atoms with Gasteiger partial charge >= 0.3 is 35.8 Å². The second-order valence-electron chi connectivity index (χ2n) is 27.6. The van der Waals surface area contributed by atoms with Gasteiger partial charge in [-0.2, -0.15) is 0 Å². The quantitative estimate of drug-likeness (QED) is 0.0272. The Morgan fingerprint density at radius 2 is 0.664 bits per heavy atom. The van der Waals surface area contributed by atoms with E-state index in [0.29, 0.717) is 33.6 Å². The Bertz CT molecular complexity index is 4220. The molecule has 0 saturated carbocycles. The Labute approximate surface area is 676 Å². The number of methoxy groups -OCH3 is 2. The molecule has 0 amide bonds. The van der Waals surface area contributed by atoms with Crippen molar-refractivity contribution in [3.05, 3.63) is 145 Å². The lowest BCUT2D eigenvalue weighted by Crippen LogP contribution is -2.61. The molecule has 5 heterocycles. The molecule has 5 aliphatic heterocycles. The largest absolute Gasteiger partial charge is 0.479 e. The van der Waals surface area contributed by atoms with Gasteiger partial charge in [0.2, 0.25) is 31.5 Å². The number of aromatic carboxylic acids is 3. The van der Waals surface area contributed by atoms with Crippen LogP contribution < -0.4 is 23.7 Å². The second-order valence-corrected chi connectivity index (χ2v) is 27.6. The van der Waals surface area contributed by atoms with Crippen LogP contribution in [0.25, 0.3) is 0 Å². The van der Waals surface area contributed by atoms with Gasteiger partial charge in [-0.15, -0.1) is 0 Å². The van der Waals surface area contributed by atoms with E-state index in [0.717, 1.165) is 6.07 Å². The molecule has 0 aromatic heterocycles. The molecule has 119 heavy (non-hydrogen) atoms. The highest BCUT2D eigenvalue weighted by Crippen LogP contribution is 2.37. The molecular weight excluding hydrogens is 1600 g/mol. The van der Waals surface area contributed by atoms with E-state index in [1.165, 1.54) is 82.7 Å². The summed E-state index contributed by atoms with van der Waals surface area (Å²) in [6.45, 7) is 5.95. The first kappa shape index (κ1) is 98.7. The minimum Gasteiger partial charge on any atom is -0.479 e. The smallest absolute Gasteiger partial charge is 0.337 e. The van der Waals surface area contributed by atoms with Gasteiger partial charge in [0.15, 0.2) is 6.10 Å². The Balaban J connectivity index is 0.000000231. The van der Waals surface area contributed by atoms with E-state index in [1.807, 2.05) is 0 Å². The van der Waals surface area contributed by atoms with Gasteiger partial charge in [-0.1, -0.05) is 0 Å². The number of aryl methyl sites for hydroxylation is 5. The molecule has 5 aliphatic rings. The average molecular weight is 1700 g/mol. The van der Waals surface area contributed by atoms with E-state index in [2.05, 4.69) is 9.47 Å². The molecule has 10 rings (SSSR count). The molecule has 5 saturated heterocycles. The van der Waals surface area contributed by atoms with Crippen molar-refractivity contribution in [2.45, 2.75) is 222 Å². The van der Waals surface area contributed by atoms with Crippen LogP contribution in [0.4, 0.5) is 0 Å². The Morgan fingerprint density at radius 1 is 0.345 bits per heavy atom. The van der Waals surface area contributed by atoms with Crippen molar-refractivity contribution in [2.24, 2.45) is 0 Å². The highest BCUT2D eigenvalue weighted by molar-refractivity contribution is 5.91. The first-order valence-corrected chi connectivity index (χ1v) is 36.2. The zero-order chi connectivity index (χ0) is 89.2. The molecule has 24 atom stereocenters. The molecule has 0 spiro atoms. The van der Waals surface area contributed by atoms with Gasteiger partial charge in [0.25, 0.3) is 0 Å². The highest BCUT2D eigenvalue weighted by atomic mass is 16.7. The van der Waals surface area contributed by atoms with Crippen molar-refractivity contribution in [1.29, 1.82) is 0 Å². The lowest BCUT2D eigenvalue weighted by Gasteiger charge is -2.40. The zero-order valence-corrected chi connectivity index (χ0v) is 64.9. The fourth-order valence-electron chi connectivity index (χ4n) is 12.5. The molecule has 5 aromatic carbocycles. The predicted octanol–water partition coefficient (Wildman–Crippen LogP) is -5.35. The fourth-order valence-corrected chi connectivity index (χ4v) is 12.5. The van der Waals surface area contributed by atoms with Crippen LogP contribution in [-0.2, 0) is 64.4 Å². The van der Waals surface area contributed by atoms with Crippen LogP contribution in [0.15, 0.2) is 66.7 Å². The third-order valence-electron chi connectivity index (χ3n) is 19.1. The minimum atomic E-state index is -1.86. The van der Waals surface area contributed by atoms with Gasteiger partial charge < -0.3 is 185 Å². The zero-order valence-electron chi connectivity index (χ0n) is 64.9. The Hall–Kier alpha value is -9.12. The number of rotatable bonds is 23. The number of carboxylic acids is 4. The number of hydrogen-bond donors (Lipinski definition) is 25. The number of aliphatic carboxylic acids is 1. The molecule has 25 N–H and O–H groups in total. The highest BCUT2D eigenvalue weighted by Gasteiger charge is 2.50. The first-order valence-electron chi connectivity index (χ1n) is 36.2. The minimum absolute atomic E-state index is 0.00663. The number of esters is 2. The van der Waals surface area contributed by atoms with Gasteiger partial charge in [-0.05, 0) is 136 Å². The maximum Gasteiger partial charge on any atom is 0.337 e.